The van der Waals surface area contributed by atoms with Crippen LogP contribution in [0.15, 0.2) is 255 Å². The molecule has 0 spiro atoms. The topological polar surface area (TPSA) is 35.6 Å². The second-order valence-corrected chi connectivity index (χ2v) is 17.4. The van der Waals surface area contributed by atoms with Crippen molar-refractivity contribution in [3.63, 3.8) is 0 Å². The number of aromatic nitrogens is 4. The Morgan fingerprint density at radius 3 is 1.43 bits per heavy atom. The maximum atomic E-state index is 5.53. The van der Waals surface area contributed by atoms with Crippen LogP contribution in [0.1, 0.15) is 0 Å². The molecule has 13 aromatic rings. The third-order valence-corrected chi connectivity index (χ3v) is 13.3. The van der Waals surface area contributed by atoms with Crippen LogP contribution in [0, 0.1) is 0 Å². The highest BCUT2D eigenvalue weighted by molar-refractivity contribution is 6.17. The van der Waals surface area contributed by atoms with Gasteiger partial charge in [0.2, 0.25) is 0 Å². The van der Waals surface area contributed by atoms with Gasteiger partial charge in [-0.1, -0.05) is 188 Å². The lowest BCUT2D eigenvalue weighted by atomic mass is 9.94. The molecule has 0 aliphatic heterocycles. The summed E-state index contributed by atoms with van der Waals surface area (Å²) in [5.41, 5.74) is 18.6. The molecule has 0 fully saturated rings. The number of hydrogen-bond acceptors (Lipinski definition) is 2. The van der Waals surface area contributed by atoms with Crippen molar-refractivity contribution < 1.29 is 0 Å². The van der Waals surface area contributed by atoms with E-state index in [1.807, 2.05) is 0 Å². The number of fused-ring (bicyclic) bond motifs is 6. The van der Waals surface area contributed by atoms with Gasteiger partial charge in [-0.25, -0.2) is 9.97 Å². The number of hydrogen-bond donors (Lipinski definition) is 0. The molecular weight excluding hydrogens is 825 g/mol. The van der Waals surface area contributed by atoms with Gasteiger partial charge in [-0.3, -0.25) is 4.57 Å². The molecule has 0 N–H and O–H groups in total. The molecule has 68 heavy (non-hydrogen) atoms. The first-order valence-electron chi connectivity index (χ1n) is 23.2. The Morgan fingerprint density at radius 2 is 0.735 bits per heavy atom. The molecule has 318 valence electrons. The minimum atomic E-state index is 0.670. The molecule has 0 atom stereocenters. The van der Waals surface area contributed by atoms with Crippen molar-refractivity contribution in [2.75, 3.05) is 0 Å². The Balaban J connectivity index is 0.981. The van der Waals surface area contributed by atoms with E-state index in [0.29, 0.717) is 5.82 Å². The molecule has 10 aromatic carbocycles. The van der Waals surface area contributed by atoms with E-state index in [1.165, 1.54) is 38.5 Å². The standard InChI is InChI=1S/C64H42N4/c1-5-19-43(20-6-1)45-23-16-27-50(40-45)62-61-55-33-13-14-35-57(55)68(53-31-11-4-12-32-53)64(61)66-63(65-62)51-28-17-25-47(41-51)46-24-15-26-49(39-46)54-34-18-36-59-60(54)56-42-48(44-21-7-2-8-22-44)37-38-58(56)67(59)52-29-9-3-10-30-52/h1-42H. The molecule has 3 aromatic heterocycles. The lowest BCUT2D eigenvalue weighted by Gasteiger charge is -2.12. The van der Waals surface area contributed by atoms with Crippen LogP contribution < -0.4 is 0 Å². The molecule has 0 bridgehead atoms. The summed E-state index contributed by atoms with van der Waals surface area (Å²) in [6.07, 6.45) is 0. The molecule has 0 saturated heterocycles. The molecule has 0 saturated carbocycles. The second-order valence-electron chi connectivity index (χ2n) is 17.4. The van der Waals surface area contributed by atoms with Crippen LogP contribution in [0.4, 0.5) is 0 Å². The number of para-hydroxylation sites is 3. The Bertz CT molecular complexity index is 4000. The van der Waals surface area contributed by atoms with E-state index in [9.17, 15) is 0 Å². The second kappa shape index (κ2) is 16.4. The Hall–Kier alpha value is -9.12. The molecule has 0 aliphatic rings. The van der Waals surface area contributed by atoms with Crippen molar-refractivity contribution >= 4 is 43.7 Å². The smallest absolute Gasteiger partial charge is 0.162 e. The van der Waals surface area contributed by atoms with Gasteiger partial charge in [0, 0.05) is 38.7 Å². The maximum absolute atomic E-state index is 5.53. The highest BCUT2D eigenvalue weighted by Crippen LogP contribution is 2.43. The van der Waals surface area contributed by atoms with E-state index < -0.39 is 0 Å². The minimum Gasteiger partial charge on any atom is -0.309 e. The predicted octanol–water partition coefficient (Wildman–Crippen LogP) is 16.7. The van der Waals surface area contributed by atoms with Crippen LogP contribution in [0.2, 0.25) is 0 Å². The number of rotatable bonds is 8. The van der Waals surface area contributed by atoms with E-state index in [2.05, 4.69) is 264 Å². The number of benzene rings is 10. The summed E-state index contributed by atoms with van der Waals surface area (Å²) < 4.78 is 4.68. The van der Waals surface area contributed by atoms with Gasteiger partial charge in [0.1, 0.15) is 5.65 Å². The highest BCUT2D eigenvalue weighted by atomic mass is 15.1. The van der Waals surface area contributed by atoms with Gasteiger partial charge in [0.25, 0.3) is 0 Å². The van der Waals surface area contributed by atoms with Gasteiger partial charge >= 0.3 is 0 Å². The fraction of sp³-hybridized carbons (Fsp3) is 0. The van der Waals surface area contributed by atoms with Crippen LogP contribution in [0.3, 0.4) is 0 Å². The average Bonchev–Trinajstić information content (AvgIpc) is 3.94. The van der Waals surface area contributed by atoms with Crippen LogP contribution in [-0.4, -0.2) is 19.1 Å². The van der Waals surface area contributed by atoms with E-state index in [0.717, 1.165) is 77.9 Å². The normalized spacial score (nSPS) is 11.5. The number of nitrogens with zero attached hydrogens (tertiary/aromatic N) is 4. The van der Waals surface area contributed by atoms with Crippen molar-refractivity contribution in [2.45, 2.75) is 0 Å². The summed E-state index contributed by atoms with van der Waals surface area (Å²) in [5, 5.41) is 4.59. The largest absolute Gasteiger partial charge is 0.309 e. The quantitative estimate of drug-likeness (QED) is 0.153. The molecule has 0 aliphatic carbocycles. The molecule has 4 nitrogen and oxygen atoms in total. The van der Waals surface area contributed by atoms with Gasteiger partial charge in [0.05, 0.1) is 27.6 Å². The molecule has 0 amide bonds. The molecule has 4 heteroatoms. The molecule has 13 rings (SSSR count). The molecule has 3 heterocycles. The van der Waals surface area contributed by atoms with Crippen LogP contribution >= 0.6 is 0 Å². The first kappa shape index (κ1) is 39.3. The minimum absolute atomic E-state index is 0.670. The summed E-state index contributed by atoms with van der Waals surface area (Å²) in [5.74, 6) is 0.670. The first-order valence-corrected chi connectivity index (χ1v) is 23.2. The third-order valence-electron chi connectivity index (χ3n) is 13.3. The van der Waals surface area contributed by atoms with Crippen molar-refractivity contribution in [3.05, 3.63) is 255 Å². The average molecular weight is 867 g/mol. The molecule has 0 unspecified atom stereocenters. The zero-order valence-corrected chi connectivity index (χ0v) is 37.0. The van der Waals surface area contributed by atoms with Gasteiger partial charge < -0.3 is 4.57 Å². The van der Waals surface area contributed by atoms with Crippen molar-refractivity contribution in [2.24, 2.45) is 0 Å². The highest BCUT2D eigenvalue weighted by Gasteiger charge is 2.22. The fourth-order valence-electron chi connectivity index (χ4n) is 10.2. The zero-order chi connectivity index (χ0) is 45.0. The maximum Gasteiger partial charge on any atom is 0.162 e. The summed E-state index contributed by atoms with van der Waals surface area (Å²) in [4.78, 5) is 11.0. The SMILES string of the molecule is c1ccc(-c2cccc(-c3nc(-c4cccc(-c5cccc(-c6cccc7c6c6cc(-c8ccccc8)ccc6n7-c6ccccc6)c5)c4)nc4c3c3ccccc3n4-c3ccccc3)c2)cc1. The molecular formula is C64H42N4. The molecule has 0 radical (unpaired) electrons. The van der Waals surface area contributed by atoms with Crippen LogP contribution in [0.25, 0.3) is 122 Å². The summed E-state index contributed by atoms with van der Waals surface area (Å²) >= 11 is 0. The first-order chi connectivity index (χ1) is 33.7. The van der Waals surface area contributed by atoms with E-state index in [4.69, 9.17) is 9.97 Å². The van der Waals surface area contributed by atoms with Gasteiger partial charge in [0.15, 0.2) is 5.82 Å². The summed E-state index contributed by atoms with van der Waals surface area (Å²) in [7, 11) is 0. The lowest BCUT2D eigenvalue weighted by Crippen LogP contribution is -1.99. The van der Waals surface area contributed by atoms with Crippen molar-refractivity contribution in [1.82, 2.24) is 19.1 Å². The fourth-order valence-corrected chi connectivity index (χ4v) is 10.2. The monoisotopic (exact) mass is 866 g/mol. The van der Waals surface area contributed by atoms with Crippen molar-refractivity contribution in [1.29, 1.82) is 0 Å². The van der Waals surface area contributed by atoms with Gasteiger partial charge in [-0.2, -0.15) is 0 Å². The zero-order valence-electron chi connectivity index (χ0n) is 37.0. The van der Waals surface area contributed by atoms with Crippen LogP contribution in [0.5, 0.6) is 0 Å². The van der Waals surface area contributed by atoms with E-state index in [1.54, 1.807) is 0 Å². The lowest BCUT2D eigenvalue weighted by molar-refractivity contribution is 1.11. The van der Waals surface area contributed by atoms with E-state index >= 15 is 0 Å². The Labute approximate surface area is 394 Å². The van der Waals surface area contributed by atoms with Crippen molar-refractivity contribution in [3.8, 4) is 78.5 Å². The third kappa shape index (κ3) is 6.69. The van der Waals surface area contributed by atoms with Gasteiger partial charge in [-0.15, -0.1) is 0 Å². The summed E-state index contributed by atoms with van der Waals surface area (Å²) in [6.45, 7) is 0. The predicted molar refractivity (Wildman–Crippen MR) is 283 cm³/mol. The van der Waals surface area contributed by atoms with Gasteiger partial charge in [-0.05, 0) is 111 Å². The van der Waals surface area contributed by atoms with E-state index in [-0.39, 0.29) is 0 Å². The Kier molecular flexibility index (Phi) is 9.47. The van der Waals surface area contributed by atoms with Crippen LogP contribution in [-0.2, 0) is 0 Å². The Morgan fingerprint density at radius 1 is 0.265 bits per heavy atom. The summed E-state index contributed by atoms with van der Waals surface area (Å²) in [6, 6.07) is 91.1.